The van der Waals surface area contributed by atoms with Crippen LogP contribution >= 0.6 is 22.9 Å². The van der Waals surface area contributed by atoms with Crippen LogP contribution in [-0.4, -0.2) is 88.4 Å². The molecule has 17 heteroatoms. The van der Waals surface area contributed by atoms with Crippen molar-refractivity contribution in [2.24, 2.45) is 0 Å². The molecule has 2 aliphatic heterocycles. The summed E-state index contributed by atoms with van der Waals surface area (Å²) in [5.41, 5.74) is -2.64. The highest BCUT2D eigenvalue weighted by Crippen LogP contribution is 2.43. The first-order chi connectivity index (χ1) is 24.9. The van der Waals surface area contributed by atoms with E-state index in [0.717, 1.165) is 45.8 Å². The summed E-state index contributed by atoms with van der Waals surface area (Å²) in [6.45, 7) is 3.27. The van der Waals surface area contributed by atoms with Crippen LogP contribution in [0.3, 0.4) is 0 Å². The first kappa shape index (κ1) is 40.3. The van der Waals surface area contributed by atoms with Gasteiger partial charge in [0.15, 0.2) is 0 Å². The summed E-state index contributed by atoms with van der Waals surface area (Å²) in [6, 6.07) is 5.80. The van der Waals surface area contributed by atoms with Crippen LogP contribution in [0.4, 0.5) is 26.3 Å². The quantitative estimate of drug-likeness (QED) is 0.198. The van der Waals surface area contributed by atoms with Gasteiger partial charge in [-0.05, 0) is 61.6 Å². The second-order valence-corrected chi connectivity index (χ2v) is 14.6. The van der Waals surface area contributed by atoms with Gasteiger partial charge in [-0.15, -0.1) is 11.3 Å². The largest absolute Gasteiger partial charge is 0.474 e. The van der Waals surface area contributed by atoms with E-state index in [4.69, 9.17) is 21.1 Å². The van der Waals surface area contributed by atoms with Crippen molar-refractivity contribution in [3.8, 4) is 5.75 Å². The van der Waals surface area contributed by atoms with Crippen molar-refractivity contribution in [2.75, 3.05) is 27.2 Å². The Labute approximate surface area is 311 Å². The number of hydrogen-bond donors (Lipinski definition) is 0. The molecular weight excluding hydrogens is 750 g/mol. The highest BCUT2D eigenvalue weighted by molar-refractivity contribution is 7.10. The maximum absolute atomic E-state index is 15.4. The highest BCUT2D eigenvalue weighted by Gasteiger charge is 2.57. The molecule has 53 heavy (non-hydrogen) atoms. The molecule has 2 aromatic heterocycles. The Morgan fingerprint density at radius 1 is 1.09 bits per heavy atom. The molecular formula is C36H39ClF6N4O5S. The number of piperidine rings is 1. The van der Waals surface area contributed by atoms with E-state index in [2.05, 4.69) is 4.98 Å². The van der Waals surface area contributed by atoms with Crippen LogP contribution in [0, 0.1) is 0 Å². The number of benzene rings is 1. The Hall–Kier alpha value is -3.89. The fourth-order valence-corrected chi connectivity index (χ4v) is 8.02. The van der Waals surface area contributed by atoms with E-state index >= 15 is 4.79 Å². The first-order valence-corrected chi connectivity index (χ1v) is 18.2. The number of methoxy groups -OCH3 is 1. The number of nitrogens with zero attached hydrogens (tertiary/aromatic N) is 4. The Morgan fingerprint density at radius 3 is 2.47 bits per heavy atom. The minimum atomic E-state index is -4.93. The van der Waals surface area contributed by atoms with Crippen LogP contribution in [0.25, 0.3) is 0 Å². The molecule has 0 saturated carbocycles. The van der Waals surface area contributed by atoms with E-state index in [0.29, 0.717) is 22.8 Å². The normalized spacial score (nSPS) is 21.2. The number of alkyl halides is 6. The maximum atomic E-state index is 15.4. The number of likely N-dealkylation sites (N-methyl/N-ethyl adjacent to an activating group) is 1. The smallest absolute Gasteiger partial charge is 0.425 e. The summed E-state index contributed by atoms with van der Waals surface area (Å²) >= 11 is 6.69. The van der Waals surface area contributed by atoms with E-state index < -0.39 is 64.1 Å². The SMILES string of the molecule is CCC[C@H]1N(C(=O)c2ncccc2C(F)(F)F)CCC[C@@]1(Oc1csc(C(F)(F)F)c1)C(=O)N1Cc2ccc(Cl)cc2C[C@@H]1CN(C)C(=O)C(C)OC. The molecule has 1 aromatic carbocycles. The Morgan fingerprint density at radius 2 is 1.83 bits per heavy atom. The maximum Gasteiger partial charge on any atom is 0.425 e. The first-order valence-electron chi connectivity index (χ1n) is 16.9. The van der Waals surface area contributed by atoms with Crippen LogP contribution in [0.2, 0.25) is 5.02 Å². The van der Waals surface area contributed by atoms with Gasteiger partial charge in [-0.2, -0.15) is 26.3 Å². The Balaban J connectivity index is 1.65. The van der Waals surface area contributed by atoms with E-state index in [-0.39, 0.29) is 57.0 Å². The average Bonchev–Trinajstić information content (AvgIpc) is 3.59. The van der Waals surface area contributed by atoms with Crippen molar-refractivity contribution in [2.45, 2.75) is 88.6 Å². The van der Waals surface area contributed by atoms with Crippen molar-refractivity contribution in [1.29, 1.82) is 0 Å². The van der Waals surface area contributed by atoms with Crippen molar-refractivity contribution in [1.82, 2.24) is 19.7 Å². The van der Waals surface area contributed by atoms with Crippen LogP contribution in [0.1, 0.15) is 71.6 Å². The van der Waals surface area contributed by atoms with Gasteiger partial charge in [0.1, 0.15) is 22.4 Å². The number of rotatable bonds is 10. The molecule has 288 valence electrons. The molecule has 0 N–H and O–H groups in total. The van der Waals surface area contributed by atoms with Gasteiger partial charge in [-0.1, -0.05) is 31.0 Å². The number of ether oxygens (including phenoxy) is 2. The lowest BCUT2D eigenvalue weighted by atomic mass is 9.78. The van der Waals surface area contributed by atoms with Gasteiger partial charge in [0.05, 0.1) is 17.6 Å². The van der Waals surface area contributed by atoms with Gasteiger partial charge in [0.25, 0.3) is 17.7 Å². The van der Waals surface area contributed by atoms with Crippen molar-refractivity contribution >= 4 is 40.7 Å². The van der Waals surface area contributed by atoms with Crippen molar-refractivity contribution in [3.63, 3.8) is 0 Å². The summed E-state index contributed by atoms with van der Waals surface area (Å²) in [5.74, 6) is -2.42. The number of amides is 3. The van der Waals surface area contributed by atoms with E-state index in [9.17, 15) is 35.9 Å². The molecule has 1 saturated heterocycles. The summed E-state index contributed by atoms with van der Waals surface area (Å²) < 4.78 is 95.4. The number of fused-ring (bicyclic) bond motifs is 1. The molecule has 1 fully saturated rings. The lowest BCUT2D eigenvalue weighted by Gasteiger charge is -2.51. The standard InChI is InChI=1S/C36H39ClF6N4O5S/c1-5-8-28-34(52-26-17-29(53-20-26)36(41,42)43,12-7-14-46(28)32(49)30-27(35(38,39)40)9-6-13-44-30)33(50)47-18-22-10-11-24(37)15-23(22)16-25(47)19-45(3)31(48)21(2)51-4/h6,9-11,13,15,17,20-21,25,28H,5,7-8,12,14,16,18-19H2,1-4H3/t21?,25-,28-,34+/m1/s1. The fraction of sp³-hybridized carbons (Fsp3) is 0.500. The van der Waals surface area contributed by atoms with Crippen LogP contribution in [0.15, 0.2) is 48.0 Å². The van der Waals surface area contributed by atoms with Crippen molar-refractivity contribution in [3.05, 3.63) is 80.3 Å². The lowest BCUT2D eigenvalue weighted by molar-refractivity contribution is -0.164. The van der Waals surface area contributed by atoms with Gasteiger partial charge in [0, 0.05) is 62.9 Å². The minimum Gasteiger partial charge on any atom is -0.474 e. The van der Waals surface area contributed by atoms with Gasteiger partial charge in [-0.25, -0.2) is 0 Å². The number of hydrogen-bond acceptors (Lipinski definition) is 7. The zero-order chi connectivity index (χ0) is 38.9. The molecule has 0 aliphatic carbocycles. The number of carbonyl (C=O) groups is 3. The molecule has 5 rings (SSSR count). The molecule has 4 atom stereocenters. The molecule has 4 heterocycles. The minimum absolute atomic E-state index is 0.00827. The summed E-state index contributed by atoms with van der Waals surface area (Å²) in [4.78, 5) is 49.6. The molecule has 3 aromatic rings. The second kappa shape index (κ2) is 15.8. The number of carbonyl (C=O) groups excluding carboxylic acids is 3. The summed E-state index contributed by atoms with van der Waals surface area (Å²) in [6.07, 6.45) is -8.77. The number of likely N-dealkylation sites (tertiary alicyclic amines) is 1. The van der Waals surface area contributed by atoms with Gasteiger partial charge in [-0.3, -0.25) is 19.4 Å². The zero-order valence-corrected chi connectivity index (χ0v) is 31.0. The molecule has 0 bridgehead atoms. The monoisotopic (exact) mass is 788 g/mol. The zero-order valence-electron chi connectivity index (χ0n) is 29.4. The van der Waals surface area contributed by atoms with E-state index in [1.807, 2.05) is 0 Å². The molecule has 0 spiro atoms. The van der Waals surface area contributed by atoms with Gasteiger partial charge < -0.3 is 24.2 Å². The Bertz CT molecular complexity index is 1820. The Kier molecular flexibility index (Phi) is 12.0. The predicted molar refractivity (Wildman–Crippen MR) is 184 cm³/mol. The van der Waals surface area contributed by atoms with Crippen LogP contribution in [0.5, 0.6) is 5.75 Å². The highest BCUT2D eigenvalue weighted by atomic mass is 35.5. The van der Waals surface area contributed by atoms with E-state index in [1.165, 1.54) is 16.9 Å². The number of halogens is 7. The lowest BCUT2D eigenvalue weighted by Crippen LogP contribution is -2.69. The van der Waals surface area contributed by atoms with Crippen LogP contribution in [-0.2, 0) is 39.6 Å². The third-order valence-electron chi connectivity index (χ3n) is 9.75. The summed E-state index contributed by atoms with van der Waals surface area (Å²) in [5, 5.41) is 1.57. The molecule has 9 nitrogen and oxygen atoms in total. The molecule has 1 unspecified atom stereocenters. The molecule has 3 amide bonds. The van der Waals surface area contributed by atoms with Crippen LogP contribution < -0.4 is 4.74 Å². The number of pyridine rings is 1. The van der Waals surface area contributed by atoms with Gasteiger partial charge in [0.2, 0.25) is 5.60 Å². The molecule has 0 radical (unpaired) electrons. The van der Waals surface area contributed by atoms with E-state index in [1.54, 1.807) is 39.1 Å². The summed E-state index contributed by atoms with van der Waals surface area (Å²) in [7, 11) is 2.93. The number of thiophene rings is 1. The molecule has 2 aliphatic rings. The third-order valence-corrected chi connectivity index (χ3v) is 10.9. The average molecular weight is 789 g/mol. The topological polar surface area (TPSA) is 92.3 Å². The predicted octanol–water partition coefficient (Wildman–Crippen LogP) is 7.50. The van der Waals surface area contributed by atoms with Gasteiger partial charge >= 0.3 is 12.4 Å². The fourth-order valence-electron chi connectivity index (χ4n) is 7.15. The third kappa shape index (κ3) is 8.44. The van der Waals surface area contributed by atoms with Crippen molar-refractivity contribution < 1.29 is 50.2 Å². The number of aromatic nitrogens is 1. The second-order valence-electron chi connectivity index (χ2n) is 13.2.